The summed E-state index contributed by atoms with van der Waals surface area (Å²) >= 11 is 5.78. The Balaban J connectivity index is 1.46. The van der Waals surface area contributed by atoms with Crippen LogP contribution < -0.4 is 15.0 Å². The van der Waals surface area contributed by atoms with Crippen molar-refractivity contribution >= 4 is 51.3 Å². The fraction of sp³-hybridized carbons (Fsp3) is 0.269. The lowest BCUT2D eigenvalue weighted by Gasteiger charge is -2.41. The number of hydrogen-bond donors (Lipinski definition) is 1. The van der Waals surface area contributed by atoms with Gasteiger partial charge < -0.3 is 14.8 Å². The zero-order valence-corrected chi connectivity index (χ0v) is 20.2. The zero-order chi connectivity index (χ0) is 24.4. The second-order valence-electron chi connectivity index (χ2n) is 8.35. The maximum absolute atomic E-state index is 13.8. The second kappa shape index (κ2) is 9.99. The molecule has 0 saturated carbocycles. The highest BCUT2D eigenvalue weighted by Gasteiger charge is 2.46. The molecule has 1 N–H and O–H groups in total. The van der Waals surface area contributed by atoms with E-state index in [4.69, 9.17) is 21.7 Å². The van der Waals surface area contributed by atoms with Crippen molar-refractivity contribution in [3.63, 3.8) is 0 Å². The Kier molecular flexibility index (Phi) is 6.63. The molecule has 9 heteroatoms. The number of hydrazine groups is 1. The van der Waals surface area contributed by atoms with Crippen molar-refractivity contribution < 1.29 is 19.1 Å². The number of anilines is 2. The van der Waals surface area contributed by atoms with Gasteiger partial charge in [-0.25, -0.2) is 9.91 Å². The molecule has 0 radical (unpaired) electrons. The van der Waals surface area contributed by atoms with Crippen LogP contribution in [0.1, 0.15) is 6.42 Å². The first kappa shape index (κ1) is 23.2. The van der Waals surface area contributed by atoms with Gasteiger partial charge in [0.15, 0.2) is 5.11 Å². The lowest BCUT2D eigenvalue weighted by Crippen LogP contribution is -2.58. The summed E-state index contributed by atoms with van der Waals surface area (Å²) in [6.07, 6.45) is 0.0316. The van der Waals surface area contributed by atoms with Gasteiger partial charge in [-0.15, -0.1) is 0 Å². The van der Waals surface area contributed by atoms with Crippen LogP contribution in [-0.2, 0) is 14.3 Å². The predicted molar refractivity (Wildman–Crippen MR) is 138 cm³/mol. The van der Waals surface area contributed by atoms with E-state index in [2.05, 4.69) is 5.32 Å². The molecule has 35 heavy (non-hydrogen) atoms. The minimum Gasteiger partial charge on any atom is -0.497 e. The summed E-state index contributed by atoms with van der Waals surface area (Å²) < 4.78 is 10.7. The van der Waals surface area contributed by atoms with Gasteiger partial charge >= 0.3 is 0 Å². The molecule has 8 nitrogen and oxygen atoms in total. The van der Waals surface area contributed by atoms with E-state index in [9.17, 15) is 9.59 Å². The van der Waals surface area contributed by atoms with E-state index < -0.39 is 6.04 Å². The molecule has 3 aromatic carbocycles. The summed E-state index contributed by atoms with van der Waals surface area (Å²) in [5, 5.41) is 9.15. The van der Waals surface area contributed by atoms with Crippen LogP contribution in [0.4, 0.5) is 11.4 Å². The highest BCUT2D eigenvalue weighted by Crippen LogP contribution is 2.33. The maximum atomic E-state index is 13.8. The number of nitrogens with zero attached hydrogens (tertiary/aromatic N) is 3. The van der Waals surface area contributed by atoms with E-state index >= 15 is 0 Å². The molecule has 5 rings (SSSR count). The molecule has 2 heterocycles. The molecule has 0 spiro atoms. The Labute approximate surface area is 209 Å². The number of rotatable bonds is 5. The number of ether oxygens (including phenoxy) is 2. The third-order valence-corrected chi connectivity index (χ3v) is 6.56. The monoisotopic (exact) mass is 490 g/mol. The number of hydrogen-bond acceptors (Lipinski definition) is 6. The lowest BCUT2D eigenvalue weighted by molar-refractivity contribution is -0.128. The van der Waals surface area contributed by atoms with Gasteiger partial charge in [-0.05, 0) is 47.9 Å². The van der Waals surface area contributed by atoms with Gasteiger partial charge in [-0.3, -0.25) is 14.6 Å². The SMILES string of the molecule is COc1ccc(NC(=S)N(C2CC(=O)N(c3cccc4ccccc34)C2=O)N2CCOCC2)cc1. The summed E-state index contributed by atoms with van der Waals surface area (Å²) in [7, 11) is 1.61. The van der Waals surface area contributed by atoms with Crippen LogP contribution in [0, 0.1) is 0 Å². The smallest absolute Gasteiger partial charge is 0.258 e. The number of benzene rings is 3. The quantitative estimate of drug-likeness (QED) is 0.431. The summed E-state index contributed by atoms with van der Waals surface area (Å²) in [5.74, 6) is 0.187. The van der Waals surface area contributed by atoms with E-state index in [0.29, 0.717) is 37.1 Å². The number of carbonyl (C=O) groups excluding carboxylic acids is 2. The van der Waals surface area contributed by atoms with Gasteiger partial charge in [0.2, 0.25) is 5.91 Å². The first-order valence-corrected chi connectivity index (χ1v) is 11.9. The molecule has 0 aliphatic carbocycles. The molecule has 2 fully saturated rings. The van der Waals surface area contributed by atoms with Crippen LogP contribution in [0.2, 0.25) is 0 Å². The molecular weight excluding hydrogens is 464 g/mol. The van der Waals surface area contributed by atoms with E-state index in [1.807, 2.05) is 71.7 Å². The number of thiocarbonyl (C=S) groups is 1. The summed E-state index contributed by atoms with van der Waals surface area (Å²) in [6.45, 7) is 2.17. The molecular formula is C26H26N4O4S. The molecule has 2 saturated heterocycles. The van der Waals surface area contributed by atoms with Crippen molar-refractivity contribution in [2.45, 2.75) is 12.5 Å². The van der Waals surface area contributed by atoms with E-state index in [0.717, 1.165) is 22.2 Å². The fourth-order valence-electron chi connectivity index (χ4n) is 4.55. The van der Waals surface area contributed by atoms with Crippen LogP contribution >= 0.6 is 12.2 Å². The summed E-state index contributed by atoms with van der Waals surface area (Å²) in [4.78, 5) is 28.3. The Bertz CT molecular complexity index is 1250. The Morgan fingerprint density at radius 2 is 1.74 bits per heavy atom. The number of methoxy groups -OCH3 is 1. The van der Waals surface area contributed by atoms with Crippen molar-refractivity contribution in [3.8, 4) is 5.75 Å². The molecule has 0 bridgehead atoms. The van der Waals surface area contributed by atoms with Crippen molar-refractivity contribution in [2.75, 3.05) is 43.6 Å². The Hall–Kier alpha value is -3.53. The molecule has 2 aliphatic heterocycles. The predicted octanol–water partition coefficient (Wildman–Crippen LogP) is 3.43. The molecule has 2 amide bonds. The van der Waals surface area contributed by atoms with Gasteiger partial charge in [-0.1, -0.05) is 36.4 Å². The standard InChI is InChI=1S/C26H26N4O4S/c1-33-20-11-9-19(10-12-20)27-26(35)30(28-13-15-34-16-14-28)23-17-24(31)29(25(23)32)22-8-4-6-18-5-2-3-7-21(18)22/h2-12,23H,13-17H2,1H3,(H,27,35). The number of nitrogens with one attached hydrogen (secondary N) is 1. The normalized spacial score (nSPS) is 18.7. The molecule has 0 aromatic heterocycles. The maximum Gasteiger partial charge on any atom is 0.258 e. The van der Waals surface area contributed by atoms with Crippen LogP contribution in [0.25, 0.3) is 10.8 Å². The van der Waals surface area contributed by atoms with Gasteiger partial charge in [0.05, 0.1) is 32.4 Å². The van der Waals surface area contributed by atoms with Gasteiger partial charge in [-0.2, -0.15) is 0 Å². The van der Waals surface area contributed by atoms with Crippen molar-refractivity contribution in [1.82, 2.24) is 10.0 Å². The highest BCUT2D eigenvalue weighted by atomic mass is 32.1. The van der Waals surface area contributed by atoms with Crippen LogP contribution in [-0.4, -0.2) is 66.4 Å². The average Bonchev–Trinajstić information content (AvgIpc) is 3.18. The fourth-order valence-corrected chi connectivity index (χ4v) is 4.92. The van der Waals surface area contributed by atoms with Crippen LogP contribution in [0.3, 0.4) is 0 Å². The molecule has 2 aliphatic rings. The van der Waals surface area contributed by atoms with E-state index in [-0.39, 0.29) is 18.2 Å². The van der Waals surface area contributed by atoms with Crippen LogP contribution in [0.15, 0.2) is 66.7 Å². The number of carbonyl (C=O) groups is 2. The molecule has 3 aromatic rings. The summed E-state index contributed by atoms with van der Waals surface area (Å²) in [6, 6.07) is 20.0. The first-order chi connectivity index (χ1) is 17.1. The number of imide groups is 1. The van der Waals surface area contributed by atoms with Crippen LogP contribution in [0.5, 0.6) is 5.75 Å². The third-order valence-electron chi connectivity index (χ3n) is 6.27. The Morgan fingerprint density at radius 3 is 2.49 bits per heavy atom. The van der Waals surface area contributed by atoms with Crippen molar-refractivity contribution in [1.29, 1.82) is 0 Å². The number of fused-ring (bicyclic) bond motifs is 1. The largest absolute Gasteiger partial charge is 0.497 e. The molecule has 1 unspecified atom stereocenters. The summed E-state index contributed by atoms with van der Waals surface area (Å²) in [5.41, 5.74) is 1.35. The highest BCUT2D eigenvalue weighted by molar-refractivity contribution is 7.80. The van der Waals surface area contributed by atoms with Crippen molar-refractivity contribution in [3.05, 3.63) is 66.7 Å². The molecule has 180 valence electrons. The average molecular weight is 491 g/mol. The Morgan fingerprint density at radius 1 is 1.03 bits per heavy atom. The van der Waals surface area contributed by atoms with Gasteiger partial charge in [0, 0.05) is 24.2 Å². The number of morpholine rings is 1. The number of amides is 2. The zero-order valence-electron chi connectivity index (χ0n) is 19.3. The molecule has 1 atom stereocenters. The first-order valence-electron chi connectivity index (χ1n) is 11.5. The van der Waals surface area contributed by atoms with Crippen molar-refractivity contribution in [2.24, 2.45) is 0 Å². The topological polar surface area (TPSA) is 74.4 Å². The third kappa shape index (κ3) is 4.58. The van der Waals surface area contributed by atoms with E-state index in [1.54, 1.807) is 12.1 Å². The minimum atomic E-state index is -0.752. The second-order valence-corrected chi connectivity index (χ2v) is 8.74. The van der Waals surface area contributed by atoms with E-state index in [1.165, 1.54) is 4.90 Å². The van der Waals surface area contributed by atoms with Gasteiger partial charge in [0.1, 0.15) is 11.8 Å². The minimum absolute atomic E-state index is 0.0316. The lowest BCUT2D eigenvalue weighted by atomic mass is 10.1. The van der Waals surface area contributed by atoms with Gasteiger partial charge in [0.25, 0.3) is 5.91 Å².